The van der Waals surface area contributed by atoms with E-state index >= 15 is 0 Å². The van der Waals surface area contributed by atoms with Crippen LogP contribution in [0.2, 0.25) is 0 Å². The van der Waals surface area contributed by atoms with E-state index in [1.807, 2.05) is 49.4 Å². The van der Waals surface area contributed by atoms with Crippen molar-refractivity contribution in [2.45, 2.75) is 6.92 Å². The Labute approximate surface area is 174 Å². The summed E-state index contributed by atoms with van der Waals surface area (Å²) >= 11 is 0. The van der Waals surface area contributed by atoms with E-state index in [4.69, 9.17) is 4.74 Å². The lowest BCUT2D eigenvalue weighted by Crippen LogP contribution is -2.23. The van der Waals surface area contributed by atoms with Crippen LogP contribution in [-0.4, -0.2) is 30.9 Å². The van der Waals surface area contributed by atoms with E-state index < -0.39 is 18.5 Å². The fourth-order valence-electron chi connectivity index (χ4n) is 2.94. The maximum absolute atomic E-state index is 12.6. The Hall–Kier alpha value is -3.93. The number of esters is 1. The number of carbonyl (C=O) groups excluding carboxylic acids is 3. The molecule has 0 fully saturated rings. The molecule has 30 heavy (non-hydrogen) atoms. The van der Waals surface area contributed by atoms with Crippen molar-refractivity contribution in [1.29, 1.82) is 0 Å². The number of rotatable bonds is 7. The zero-order chi connectivity index (χ0) is 21.3. The topological polar surface area (TPSA) is 84.5 Å². The van der Waals surface area contributed by atoms with E-state index in [9.17, 15) is 14.4 Å². The number of amides is 2. The molecule has 2 amide bonds. The SMILES string of the molecule is CCNC(=O)c1cccc(NC(=O)COC(=O)c2ccccc2-c2ccccc2)c1. The largest absolute Gasteiger partial charge is 0.452 e. The van der Waals surface area contributed by atoms with Crippen LogP contribution in [0.3, 0.4) is 0 Å². The molecule has 0 atom stereocenters. The number of hydrogen-bond acceptors (Lipinski definition) is 4. The lowest BCUT2D eigenvalue weighted by atomic mass is 10.00. The molecule has 3 rings (SSSR count). The molecular weight excluding hydrogens is 380 g/mol. The van der Waals surface area contributed by atoms with Crippen molar-refractivity contribution in [1.82, 2.24) is 5.32 Å². The van der Waals surface area contributed by atoms with Gasteiger partial charge in [-0.25, -0.2) is 4.79 Å². The van der Waals surface area contributed by atoms with Gasteiger partial charge in [-0.3, -0.25) is 9.59 Å². The van der Waals surface area contributed by atoms with Crippen LogP contribution < -0.4 is 10.6 Å². The molecule has 6 nitrogen and oxygen atoms in total. The molecule has 152 valence electrons. The fourth-order valence-corrected chi connectivity index (χ4v) is 2.94. The second-order valence-electron chi connectivity index (χ2n) is 6.48. The van der Waals surface area contributed by atoms with Crippen molar-refractivity contribution in [2.75, 3.05) is 18.5 Å². The molecule has 0 heterocycles. The van der Waals surface area contributed by atoms with E-state index in [2.05, 4.69) is 10.6 Å². The maximum Gasteiger partial charge on any atom is 0.339 e. The van der Waals surface area contributed by atoms with Gasteiger partial charge in [-0.1, -0.05) is 54.6 Å². The van der Waals surface area contributed by atoms with E-state index in [1.165, 1.54) is 0 Å². The average Bonchev–Trinajstić information content (AvgIpc) is 2.78. The molecule has 0 spiro atoms. The molecule has 3 aromatic carbocycles. The quantitative estimate of drug-likeness (QED) is 0.587. The lowest BCUT2D eigenvalue weighted by molar-refractivity contribution is -0.119. The van der Waals surface area contributed by atoms with Gasteiger partial charge in [0.25, 0.3) is 11.8 Å². The normalized spacial score (nSPS) is 10.2. The molecule has 0 aliphatic carbocycles. The van der Waals surface area contributed by atoms with Gasteiger partial charge in [-0.15, -0.1) is 0 Å². The lowest BCUT2D eigenvalue weighted by Gasteiger charge is -2.11. The molecule has 0 aliphatic rings. The first-order valence-electron chi connectivity index (χ1n) is 9.58. The van der Waals surface area contributed by atoms with Crippen LogP contribution in [0.4, 0.5) is 5.69 Å². The van der Waals surface area contributed by atoms with E-state index in [0.29, 0.717) is 23.4 Å². The van der Waals surface area contributed by atoms with Crippen molar-refractivity contribution in [3.63, 3.8) is 0 Å². The van der Waals surface area contributed by atoms with Gasteiger partial charge in [0.1, 0.15) is 0 Å². The second-order valence-corrected chi connectivity index (χ2v) is 6.48. The predicted molar refractivity (Wildman–Crippen MR) is 115 cm³/mol. The van der Waals surface area contributed by atoms with E-state index in [1.54, 1.807) is 36.4 Å². The minimum atomic E-state index is -0.583. The first kappa shape index (κ1) is 20.8. The number of hydrogen-bond donors (Lipinski definition) is 2. The van der Waals surface area contributed by atoms with Crippen LogP contribution in [0.25, 0.3) is 11.1 Å². The number of carbonyl (C=O) groups is 3. The van der Waals surface area contributed by atoms with Crippen LogP contribution in [0.1, 0.15) is 27.6 Å². The molecule has 0 saturated carbocycles. The Kier molecular flexibility index (Phi) is 6.95. The van der Waals surface area contributed by atoms with Crippen LogP contribution >= 0.6 is 0 Å². The zero-order valence-electron chi connectivity index (χ0n) is 16.6. The Morgan fingerprint density at radius 3 is 2.37 bits per heavy atom. The van der Waals surface area contributed by atoms with Crippen molar-refractivity contribution >= 4 is 23.5 Å². The summed E-state index contributed by atoms with van der Waals surface area (Å²) in [6.45, 7) is 1.90. The monoisotopic (exact) mass is 402 g/mol. The minimum absolute atomic E-state index is 0.224. The van der Waals surface area contributed by atoms with Gasteiger partial charge in [0.2, 0.25) is 0 Å². The highest BCUT2D eigenvalue weighted by Crippen LogP contribution is 2.24. The summed E-state index contributed by atoms with van der Waals surface area (Å²) in [4.78, 5) is 36.7. The Bertz CT molecular complexity index is 1050. The predicted octanol–water partition coefficient (Wildman–Crippen LogP) is 3.90. The number of ether oxygens (including phenoxy) is 1. The molecule has 0 aromatic heterocycles. The van der Waals surface area contributed by atoms with Crippen LogP contribution in [0.5, 0.6) is 0 Å². The van der Waals surface area contributed by atoms with E-state index in [0.717, 1.165) is 11.1 Å². The Morgan fingerprint density at radius 2 is 1.60 bits per heavy atom. The summed E-state index contributed by atoms with van der Waals surface area (Å²) in [7, 11) is 0. The zero-order valence-corrected chi connectivity index (χ0v) is 16.6. The summed E-state index contributed by atoms with van der Waals surface area (Å²) in [5, 5.41) is 5.33. The third kappa shape index (κ3) is 5.32. The molecule has 0 unspecified atom stereocenters. The molecular formula is C24H22N2O4. The minimum Gasteiger partial charge on any atom is -0.452 e. The van der Waals surface area contributed by atoms with E-state index in [-0.39, 0.29) is 5.91 Å². The first-order valence-corrected chi connectivity index (χ1v) is 9.58. The van der Waals surface area contributed by atoms with Crippen molar-refractivity contribution in [3.8, 4) is 11.1 Å². The number of nitrogens with one attached hydrogen (secondary N) is 2. The summed E-state index contributed by atoms with van der Waals surface area (Å²) in [6.07, 6.45) is 0. The van der Waals surface area contributed by atoms with Gasteiger partial charge in [-0.2, -0.15) is 0 Å². The van der Waals surface area contributed by atoms with Gasteiger partial charge in [0.05, 0.1) is 5.56 Å². The molecule has 3 aromatic rings. The highest BCUT2D eigenvalue weighted by Gasteiger charge is 2.15. The van der Waals surface area contributed by atoms with Crippen LogP contribution in [0.15, 0.2) is 78.9 Å². The van der Waals surface area contributed by atoms with Crippen molar-refractivity contribution in [3.05, 3.63) is 90.0 Å². The third-order valence-corrected chi connectivity index (χ3v) is 4.31. The van der Waals surface area contributed by atoms with Gasteiger partial charge in [0, 0.05) is 17.8 Å². The summed E-state index contributed by atoms with van der Waals surface area (Å²) in [5.41, 5.74) is 2.89. The standard InChI is InChI=1S/C24H22N2O4/c1-2-25-23(28)18-11-8-12-19(15-18)26-22(27)16-30-24(29)21-14-7-6-13-20(21)17-9-4-3-5-10-17/h3-15H,2,16H2,1H3,(H,25,28)(H,26,27). The molecule has 0 radical (unpaired) electrons. The van der Waals surface area contributed by atoms with Gasteiger partial charge in [0.15, 0.2) is 6.61 Å². The summed E-state index contributed by atoms with van der Waals surface area (Å²) in [5.74, 6) is -1.30. The highest BCUT2D eigenvalue weighted by atomic mass is 16.5. The fraction of sp³-hybridized carbons (Fsp3) is 0.125. The van der Waals surface area contributed by atoms with Gasteiger partial charge in [-0.05, 0) is 42.3 Å². The van der Waals surface area contributed by atoms with Crippen molar-refractivity contribution in [2.24, 2.45) is 0 Å². The summed E-state index contributed by atoms with van der Waals surface area (Å²) in [6, 6.07) is 23.1. The molecule has 0 aliphatic heterocycles. The van der Waals surface area contributed by atoms with Crippen molar-refractivity contribution < 1.29 is 19.1 Å². The third-order valence-electron chi connectivity index (χ3n) is 4.31. The first-order chi connectivity index (χ1) is 14.6. The number of benzene rings is 3. The maximum atomic E-state index is 12.6. The summed E-state index contributed by atoms with van der Waals surface area (Å²) < 4.78 is 5.21. The molecule has 0 bridgehead atoms. The average molecular weight is 402 g/mol. The Balaban J connectivity index is 1.63. The molecule has 2 N–H and O–H groups in total. The number of anilines is 1. The highest BCUT2D eigenvalue weighted by molar-refractivity contribution is 6.00. The smallest absolute Gasteiger partial charge is 0.339 e. The van der Waals surface area contributed by atoms with Crippen LogP contribution in [0, 0.1) is 0 Å². The molecule has 0 saturated heterocycles. The second kappa shape index (κ2) is 10.0. The van der Waals surface area contributed by atoms with Gasteiger partial charge < -0.3 is 15.4 Å². The van der Waals surface area contributed by atoms with Crippen LogP contribution in [-0.2, 0) is 9.53 Å². The Morgan fingerprint density at radius 1 is 0.867 bits per heavy atom. The van der Waals surface area contributed by atoms with Gasteiger partial charge >= 0.3 is 5.97 Å². The molecule has 6 heteroatoms.